The van der Waals surface area contributed by atoms with Gasteiger partial charge in [0.1, 0.15) is 12.4 Å². The summed E-state index contributed by atoms with van der Waals surface area (Å²) >= 11 is 0. The number of para-hydroxylation sites is 1. The fraction of sp³-hybridized carbons (Fsp3) is 0.207. The van der Waals surface area contributed by atoms with Gasteiger partial charge in [0.15, 0.2) is 0 Å². The van der Waals surface area contributed by atoms with Crippen molar-refractivity contribution in [3.05, 3.63) is 107 Å². The third kappa shape index (κ3) is 6.04. The van der Waals surface area contributed by atoms with Gasteiger partial charge in [-0.1, -0.05) is 60.7 Å². The molecular formula is C29H30N2O4S. The van der Waals surface area contributed by atoms with Crippen molar-refractivity contribution in [2.24, 2.45) is 0 Å². The zero-order valence-electron chi connectivity index (χ0n) is 20.7. The number of carbonyl (C=O) groups is 1. The van der Waals surface area contributed by atoms with Crippen molar-refractivity contribution in [1.82, 2.24) is 5.32 Å². The Labute approximate surface area is 212 Å². The number of rotatable bonds is 9. The van der Waals surface area contributed by atoms with Gasteiger partial charge in [0.05, 0.1) is 25.0 Å². The average Bonchev–Trinajstić information content (AvgIpc) is 2.85. The Morgan fingerprint density at radius 2 is 1.53 bits per heavy atom. The molecule has 0 saturated heterocycles. The highest BCUT2D eigenvalue weighted by atomic mass is 32.2. The number of amides is 1. The Morgan fingerprint density at radius 1 is 0.861 bits per heavy atom. The topological polar surface area (TPSA) is 75.7 Å². The summed E-state index contributed by atoms with van der Waals surface area (Å²) in [6.45, 7) is 4.70. The summed E-state index contributed by atoms with van der Waals surface area (Å²) in [4.78, 5) is 12.6. The van der Waals surface area contributed by atoms with Crippen molar-refractivity contribution in [2.45, 2.75) is 20.4 Å². The summed E-state index contributed by atoms with van der Waals surface area (Å²) in [5, 5.41) is 5.11. The molecule has 4 aromatic rings. The number of benzene rings is 4. The molecule has 36 heavy (non-hydrogen) atoms. The van der Waals surface area contributed by atoms with E-state index < -0.39 is 10.0 Å². The van der Waals surface area contributed by atoms with Crippen LogP contribution in [0.5, 0.6) is 5.75 Å². The fourth-order valence-corrected chi connectivity index (χ4v) is 5.18. The lowest BCUT2D eigenvalue weighted by Crippen LogP contribution is -2.31. The van der Waals surface area contributed by atoms with Crippen LogP contribution in [-0.4, -0.2) is 33.7 Å². The molecule has 4 aromatic carbocycles. The van der Waals surface area contributed by atoms with Crippen LogP contribution in [-0.2, 0) is 16.6 Å². The first-order chi connectivity index (χ1) is 17.2. The van der Waals surface area contributed by atoms with E-state index in [0.29, 0.717) is 24.4 Å². The Kier molecular flexibility index (Phi) is 7.60. The first-order valence-corrected chi connectivity index (χ1v) is 13.6. The Morgan fingerprint density at radius 3 is 2.19 bits per heavy atom. The van der Waals surface area contributed by atoms with Crippen LogP contribution in [0.2, 0.25) is 0 Å². The van der Waals surface area contributed by atoms with E-state index in [9.17, 15) is 13.2 Å². The van der Waals surface area contributed by atoms with Crippen molar-refractivity contribution < 1.29 is 17.9 Å². The molecule has 0 aromatic heterocycles. The van der Waals surface area contributed by atoms with Crippen LogP contribution in [0.25, 0.3) is 10.8 Å². The summed E-state index contributed by atoms with van der Waals surface area (Å²) in [5.41, 5.74) is 3.76. The molecule has 0 unspecified atom stereocenters. The number of sulfonamides is 1. The zero-order valence-corrected chi connectivity index (χ0v) is 21.5. The minimum absolute atomic E-state index is 0.187. The van der Waals surface area contributed by atoms with Crippen LogP contribution in [0.4, 0.5) is 5.69 Å². The largest absolute Gasteiger partial charge is 0.492 e. The third-order valence-corrected chi connectivity index (χ3v) is 7.12. The molecule has 7 heteroatoms. The van der Waals surface area contributed by atoms with Crippen molar-refractivity contribution in [3.63, 3.8) is 0 Å². The van der Waals surface area contributed by atoms with Crippen LogP contribution >= 0.6 is 0 Å². The van der Waals surface area contributed by atoms with E-state index >= 15 is 0 Å². The minimum atomic E-state index is -3.50. The summed E-state index contributed by atoms with van der Waals surface area (Å²) < 4.78 is 32.4. The van der Waals surface area contributed by atoms with Gasteiger partial charge < -0.3 is 10.1 Å². The second kappa shape index (κ2) is 10.8. The minimum Gasteiger partial charge on any atom is -0.492 e. The number of hydrogen-bond acceptors (Lipinski definition) is 4. The van der Waals surface area contributed by atoms with Crippen LogP contribution in [0, 0.1) is 13.8 Å². The van der Waals surface area contributed by atoms with Crippen molar-refractivity contribution in [2.75, 3.05) is 23.7 Å². The van der Waals surface area contributed by atoms with Crippen LogP contribution < -0.4 is 14.4 Å². The normalized spacial score (nSPS) is 11.3. The quantitative estimate of drug-likeness (QED) is 0.318. The number of anilines is 1. The Balaban J connectivity index is 1.35. The molecule has 0 saturated carbocycles. The molecule has 0 bridgehead atoms. The number of nitrogens with one attached hydrogen (secondary N) is 1. The monoisotopic (exact) mass is 502 g/mol. The zero-order chi connectivity index (χ0) is 25.7. The van der Waals surface area contributed by atoms with Gasteiger partial charge in [-0.25, -0.2) is 8.42 Å². The standard InChI is InChI=1S/C29H30N2O4S/c1-21-7-6-8-22(2)28(21)31(36(3,33)34)20-23-11-13-25(14-12-23)29(32)30-17-18-35-27-16-15-24-9-4-5-10-26(24)19-27/h4-16,19H,17-18,20H2,1-3H3,(H,30,32). The average molecular weight is 503 g/mol. The van der Waals surface area contributed by atoms with E-state index in [1.54, 1.807) is 24.3 Å². The van der Waals surface area contributed by atoms with Gasteiger partial charge in [0.2, 0.25) is 10.0 Å². The second-order valence-electron chi connectivity index (χ2n) is 8.82. The molecule has 0 fully saturated rings. The highest BCUT2D eigenvalue weighted by molar-refractivity contribution is 7.92. The summed E-state index contributed by atoms with van der Waals surface area (Å²) in [5.74, 6) is 0.546. The number of nitrogens with zero attached hydrogens (tertiary/aromatic N) is 1. The molecule has 1 N–H and O–H groups in total. The van der Waals surface area contributed by atoms with E-state index in [2.05, 4.69) is 5.32 Å². The van der Waals surface area contributed by atoms with Crippen LogP contribution in [0.3, 0.4) is 0 Å². The SMILES string of the molecule is Cc1cccc(C)c1N(Cc1ccc(C(=O)NCCOc2ccc3ccccc3c2)cc1)S(C)(=O)=O. The van der Waals surface area contributed by atoms with Gasteiger partial charge in [0, 0.05) is 5.56 Å². The molecule has 6 nitrogen and oxygen atoms in total. The first kappa shape index (κ1) is 25.3. The molecule has 4 rings (SSSR count). The van der Waals surface area contributed by atoms with Gasteiger partial charge >= 0.3 is 0 Å². The number of fused-ring (bicyclic) bond motifs is 1. The summed E-state index contributed by atoms with van der Waals surface area (Å²) in [7, 11) is -3.50. The summed E-state index contributed by atoms with van der Waals surface area (Å²) in [6.07, 6.45) is 1.21. The van der Waals surface area contributed by atoms with E-state index in [1.165, 1.54) is 10.6 Å². The van der Waals surface area contributed by atoms with Crippen molar-refractivity contribution >= 4 is 32.4 Å². The maximum absolute atomic E-state index is 12.6. The second-order valence-corrected chi connectivity index (χ2v) is 10.7. The maximum Gasteiger partial charge on any atom is 0.251 e. The van der Waals surface area contributed by atoms with Gasteiger partial charge in [-0.15, -0.1) is 0 Å². The molecule has 0 spiro atoms. The molecule has 0 aliphatic heterocycles. The van der Waals surface area contributed by atoms with Crippen molar-refractivity contribution in [3.8, 4) is 5.75 Å². The molecule has 0 aliphatic carbocycles. The van der Waals surface area contributed by atoms with E-state index in [0.717, 1.165) is 33.2 Å². The van der Waals surface area contributed by atoms with E-state index in [4.69, 9.17) is 4.74 Å². The predicted octanol–water partition coefficient (Wildman–Crippen LogP) is 5.23. The van der Waals surface area contributed by atoms with E-state index in [1.807, 2.05) is 74.5 Å². The number of hydrogen-bond donors (Lipinski definition) is 1. The molecule has 0 heterocycles. The smallest absolute Gasteiger partial charge is 0.251 e. The van der Waals surface area contributed by atoms with E-state index in [-0.39, 0.29) is 12.5 Å². The molecule has 1 amide bonds. The lowest BCUT2D eigenvalue weighted by Gasteiger charge is -2.26. The lowest BCUT2D eigenvalue weighted by molar-refractivity contribution is 0.0947. The predicted molar refractivity (Wildman–Crippen MR) is 145 cm³/mol. The lowest BCUT2D eigenvalue weighted by atomic mass is 10.1. The third-order valence-electron chi connectivity index (χ3n) is 6.01. The van der Waals surface area contributed by atoms with Gasteiger partial charge in [-0.2, -0.15) is 0 Å². The Hall–Kier alpha value is -3.84. The van der Waals surface area contributed by atoms with Gasteiger partial charge in [-0.05, 0) is 65.6 Å². The highest BCUT2D eigenvalue weighted by Gasteiger charge is 2.21. The first-order valence-electron chi connectivity index (χ1n) is 11.7. The molecule has 0 atom stereocenters. The summed E-state index contributed by atoms with van der Waals surface area (Å²) in [6, 6.07) is 26.7. The maximum atomic E-state index is 12.6. The van der Waals surface area contributed by atoms with Crippen LogP contribution in [0.1, 0.15) is 27.0 Å². The molecular weight excluding hydrogens is 472 g/mol. The number of carbonyl (C=O) groups excluding carboxylic acids is 1. The van der Waals surface area contributed by atoms with Crippen molar-refractivity contribution in [1.29, 1.82) is 0 Å². The molecule has 0 aliphatic rings. The van der Waals surface area contributed by atoms with Gasteiger partial charge in [0.25, 0.3) is 5.91 Å². The van der Waals surface area contributed by atoms with Crippen LogP contribution in [0.15, 0.2) is 84.9 Å². The highest BCUT2D eigenvalue weighted by Crippen LogP contribution is 2.28. The Bertz CT molecular complexity index is 1460. The number of ether oxygens (including phenoxy) is 1. The molecule has 0 radical (unpaired) electrons. The van der Waals surface area contributed by atoms with Gasteiger partial charge in [-0.3, -0.25) is 9.10 Å². The fourth-order valence-electron chi connectivity index (χ4n) is 4.18. The number of aryl methyl sites for hydroxylation is 2. The molecule has 186 valence electrons.